The van der Waals surface area contributed by atoms with E-state index < -0.39 is 0 Å². The van der Waals surface area contributed by atoms with Crippen LogP contribution in [0, 0.1) is 5.92 Å². The van der Waals surface area contributed by atoms with Crippen molar-refractivity contribution in [3.05, 3.63) is 59.1 Å². The highest BCUT2D eigenvalue weighted by Crippen LogP contribution is 2.25. The second kappa shape index (κ2) is 9.73. The molecule has 0 bridgehead atoms. The third kappa shape index (κ3) is 6.63. The Balaban J connectivity index is 1.97. The average Bonchev–Trinajstić information content (AvgIpc) is 2.60. The van der Waals surface area contributed by atoms with E-state index in [1.54, 1.807) is 7.11 Å². The molecule has 2 rings (SSSR count). The fourth-order valence-corrected chi connectivity index (χ4v) is 3.34. The summed E-state index contributed by atoms with van der Waals surface area (Å²) < 4.78 is 5.21. The number of ether oxygens (including phenoxy) is 1. The van der Waals surface area contributed by atoms with Crippen LogP contribution < -0.4 is 10.1 Å². The van der Waals surface area contributed by atoms with Gasteiger partial charge in [-0.2, -0.15) is 0 Å². The summed E-state index contributed by atoms with van der Waals surface area (Å²) in [4.78, 5) is 13.4. The lowest BCUT2D eigenvalue weighted by molar-refractivity contribution is -0.119. The van der Waals surface area contributed by atoms with E-state index >= 15 is 0 Å². The number of nitrogens with one attached hydrogen (secondary N) is 1. The molecule has 0 fully saturated rings. The zero-order valence-electron chi connectivity index (χ0n) is 14.8. The molecule has 0 saturated heterocycles. The average molecular weight is 378 g/mol. The van der Waals surface area contributed by atoms with Gasteiger partial charge in [0.1, 0.15) is 5.75 Å². The van der Waals surface area contributed by atoms with Crippen molar-refractivity contribution in [2.75, 3.05) is 12.9 Å². The van der Waals surface area contributed by atoms with E-state index in [9.17, 15) is 4.79 Å². The molecule has 0 aliphatic carbocycles. The van der Waals surface area contributed by atoms with E-state index in [4.69, 9.17) is 16.3 Å². The van der Waals surface area contributed by atoms with Crippen molar-refractivity contribution in [2.45, 2.75) is 31.2 Å². The van der Waals surface area contributed by atoms with Gasteiger partial charge in [-0.15, -0.1) is 11.8 Å². The predicted octanol–water partition coefficient (Wildman–Crippen LogP) is 5.34. The number of amides is 1. The molecule has 5 heteroatoms. The van der Waals surface area contributed by atoms with E-state index in [2.05, 4.69) is 19.2 Å². The van der Waals surface area contributed by atoms with Gasteiger partial charge in [0.25, 0.3) is 0 Å². The molecule has 134 valence electrons. The Morgan fingerprint density at radius 2 is 1.76 bits per heavy atom. The van der Waals surface area contributed by atoms with Gasteiger partial charge in [-0.1, -0.05) is 37.6 Å². The number of methoxy groups -OCH3 is 1. The summed E-state index contributed by atoms with van der Waals surface area (Å²) in [6, 6.07) is 15.4. The van der Waals surface area contributed by atoms with Crippen molar-refractivity contribution in [1.29, 1.82) is 0 Å². The van der Waals surface area contributed by atoms with Gasteiger partial charge < -0.3 is 10.1 Å². The number of carbonyl (C=O) groups is 1. The van der Waals surface area contributed by atoms with Gasteiger partial charge in [0, 0.05) is 9.92 Å². The van der Waals surface area contributed by atoms with E-state index in [-0.39, 0.29) is 11.9 Å². The number of hydrogen-bond acceptors (Lipinski definition) is 3. The molecule has 2 aromatic rings. The van der Waals surface area contributed by atoms with E-state index in [0.717, 1.165) is 22.6 Å². The van der Waals surface area contributed by atoms with Gasteiger partial charge in [-0.3, -0.25) is 4.79 Å². The van der Waals surface area contributed by atoms with E-state index in [0.29, 0.717) is 16.7 Å². The minimum Gasteiger partial charge on any atom is -0.497 e. The van der Waals surface area contributed by atoms with Crippen LogP contribution in [0.2, 0.25) is 5.02 Å². The van der Waals surface area contributed by atoms with Crippen molar-refractivity contribution < 1.29 is 9.53 Å². The smallest absolute Gasteiger partial charge is 0.230 e. The first-order valence-electron chi connectivity index (χ1n) is 8.29. The number of benzene rings is 2. The molecule has 0 radical (unpaired) electrons. The molecular formula is C20H24ClNO2S. The Hall–Kier alpha value is -1.65. The van der Waals surface area contributed by atoms with Gasteiger partial charge in [-0.25, -0.2) is 0 Å². The first kappa shape index (κ1) is 19.7. The van der Waals surface area contributed by atoms with Crippen molar-refractivity contribution in [3.8, 4) is 5.75 Å². The maximum absolute atomic E-state index is 12.4. The summed E-state index contributed by atoms with van der Waals surface area (Å²) in [5.74, 6) is 1.71. The monoisotopic (exact) mass is 377 g/mol. The zero-order chi connectivity index (χ0) is 18.2. The van der Waals surface area contributed by atoms with Crippen molar-refractivity contribution in [1.82, 2.24) is 5.32 Å². The molecule has 0 aliphatic heterocycles. The summed E-state index contributed by atoms with van der Waals surface area (Å²) in [5.41, 5.74) is 1.10. The molecule has 1 N–H and O–H groups in total. The second-order valence-electron chi connectivity index (χ2n) is 6.27. The summed E-state index contributed by atoms with van der Waals surface area (Å²) in [6.45, 7) is 4.32. The van der Waals surface area contributed by atoms with Crippen molar-refractivity contribution in [2.24, 2.45) is 5.92 Å². The maximum atomic E-state index is 12.4. The van der Waals surface area contributed by atoms with E-state index in [1.807, 2.05) is 48.5 Å². The van der Waals surface area contributed by atoms with Gasteiger partial charge >= 0.3 is 0 Å². The molecule has 0 aliphatic rings. The summed E-state index contributed by atoms with van der Waals surface area (Å²) in [7, 11) is 1.65. The molecule has 0 aromatic heterocycles. The number of rotatable bonds is 8. The molecule has 25 heavy (non-hydrogen) atoms. The fourth-order valence-electron chi connectivity index (χ4n) is 2.50. The Kier molecular flexibility index (Phi) is 7.66. The van der Waals surface area contributed by atoms with Crippen LogP contribution in [-0.2, 0) is 4.79 Å². The highest BCUT2D eigenvalue weighted by Gasteiger charge is 2.16. The Bertz CT molecular complexity index is 671. The van der Waals surface area contributed by atoms with Gasteiger partial charge in [0.15, 0.2) is 0 Å². The molecule has 0 saturated carbocycles. The second-order valence-corrected chi connectivity index (χ2v) is 7.75. The van der Waals surface area contributed by atoms with Crippen molar-refractivity contribution in [3.63, 3.8) is 0 Å². The largest absolute Gasteiger partial charge is 0.497 e. The molecule has 0 spiro atoms. The molecule has 1 amide bonds. The SMILES string of the molecule is COc1ccc([C@@H](CC(C)C)NC(=O)CSc2ccc(Cl)cc2)cc1. The fraction of sp³-hybridized carbons (Fsp3) is 0.350. The predicted molar refractivity (Wildman–Crippen MR) is 106 cm³/mol. The lowest BCUT2D eigenvalue weighted by Gasteiger charge is -2.21. The minimum atomic E-state index is 0.00391. The lowest BCUT2D eigenvalue weighted by atomic mass is 9.97. The Labute approximate surface area is 159 Å². The highest BCUT2D eigenvalue weighted by molar-refractivity contribution is 8.00. The standard InChI is InChI=1S/C20H24ClNO2S/c1-14(2)12-19(15-4-8-17(24-3)9-5-15)22-20(23)13-25-18-10-6-16(21)7-11-18/h4-11,14,19H,12-13H2,1-3H3,(H,22,23)/t19-/m1/s1. The Morgan fingerprint density at radius 1 is 1.12 bits per heavy atom. The van der Waals surface area contributed by atoms with Gasteiger partial charge in [0.05, 0.1) is 18.9 Å². The van der Waals surface area contributed by atoms with Crippen LogP contribution in [0.1, 0.15) is 31.9 Å². The lowest BCUT2D eigenvalue weighted by Crippen LogP contribution is -2.30. The first-order chi connectivity index (χ1) is 12.0. The van der Waals surface area contributed by atoms with Crippen molar-refractivity contribution >= 4 is 29.3 Å². The van der Waals surface area contributed by atoms with Gasteiger partial charge in [0.2, 0.25) is 5.91 Å². The molecule has 0 heterocycles. The molecule has 3 nitrogen and oxygen atoms in total. The summed E-state index contributed by atoms with van der Waals surface area (Å²) in [5, 5.41) is 3.86. The van der Waals surface area contributed by atoms with E-state index in [1.165, 1.54) is 11.8 Å². The van der Waals surface area contributed by atoms with Crippen LogP contribution in [0.15, 0.2) is 53.4 Å². The molecule has 2 aromatic carbocycles. The third-order valence-corrected chi connectivity index (χ3v) is 5.01. The molecule has 1 atom stereocenters. The number of carbonyl (C=O) groups excluding carboxylic acids is 1. The number of halogens is 1. The van der Waals surface area contributed by atoms with Crippen LogP contribution in [0.5, 0.6) is 5.75 Å². The molecule has 0 unspecified atom stereocenters. The summed E-state index contributed by atoms with van der Waals surface area (Å²) >= 11 is 7.39. The van der Waals surface area contributed by atoms with Crippen LogP contribution in [-0.4, -0.2) is 18.8 Å². The number of thioether (sulfide) groups is 1. The van der Waals surface area contributed by atoms with Crippen LogP contribution in [0.4, 0.5) is 0 Å². The summed E-state index contributed by atoms with van der Waals surface area (Å²) in [6.07, 6.45) is 0.893. The topological polar surface area (TPSA) is 38.3 Å². The van der Waals surface area contributed by atoms with Crippen LogP contribution in [0.25, 0.3) is 0 Å². The zero-order valence-corrected chi connectivity index (χ0v) is 16.4. The molecular weight excluding hydrogens is 354 g/mol. The number of hydrogen-bond donors (Lipinski definition) is 1. The first-order valence-corrected chi connectivity index (χ1v) is 9.66. The third-order valence-electron chi connectivity index (χ3n) is 3.74. The Morgan fingerprint density at radius 3 is 2.32 bits per heavy atom. The highest BCUT2D eigenvalue weighted by atomic mass is 35.5. The van der Waals surface area contributed by atoms with Crippen LogP contribution in [0.3, 0.4) is 0 Å². The normalized spacial score (nSPS) is 12.0. The van der Waals surface area contributed by atoms with Gasteiger partial charge in [-0.05, 0) is 54.3 Å². The quantitative estimate of drug-likeness (QED) is 0.630. The van der Waals surface area contributed by atoms with Crippen LogP contribution >= 0.6 is 23.4 Å². The maximum Gasteiger partial charge on any atom is 0.230 e. The minimum absolute atomic E-state index is 0.00391.